The van der Waals surface area contributed by atoms with E-state index in [1.807, 2.05) is 0 Å². The van der Waals surface area contributed by atoms with E-state index in [1.54, 1.807) is 0 Å². The molecule has 0 radical (unpaired) electrons. The fraction of sp³-hybridized carbons (Fsp3) is 0.929. The van der Waals surface area contributed by atoms with E-state index in [0.29, 0.717) is 17.6 Å². The molecule has 5 fully saturated rings. The predicted molar refractivity (Wildman–Crippen MR) is 61.3 cm³/mol. The van der Waals surface area contributed by atoms with Gasteiger partial charge in [-0.2, -0.15) is 0 Å². The monoisotopic (exact) mass is 236 g/mol. The largest absolute Gasteiger partial charge is 0.343 e. The van der Waals surface area contributed by atoms with Crippen molar-refractivity contribution in [1.82, 2.24) is 0 Å². The Hall–Kier alpha value is -0.410. The summed E-state index contributed by atoms with van der Waals surface area (Å²) in [5.74, 6) is 1.47. The molecule has 0 N–H and O–H groups in total. The summed E-state index contributed by atoms with van der Waals surface area (Å²) in [4.78, 5) is 12.4. The number of hydrogen-bond donors (Lipinski definition) is 0. The number of Topliss-reactive ketones (excluding diaryl/α,β-unsaturated/α-hetero) is 1. The molecule has 0 aromatic carbocycles. The van der Waals surface area contributed by atoms with Crippen LogP contribution in [0.4, 0.5) is 0 Å². The third-order valence-corrected chi connectivity index (χ3v) is 5.58. The SMILES string of the molecule is C[C@@H]1OC2(O[C@@H]1C)C1CC3CC(C1)C(=O)C2C3. The maximum Gasteiger partial charge on any atom is 0.181 e. The molecule has 4 bridgehead atoms. The first kappa shape index (κ1) is 10.5. The van der Waals surface area contributed by atoms with Crippen molar-refractivity contribution in [3.63, 3.8) is 0 Å². The molecule has 4 saturated carbocycles. The Kier molecular flexibility index (Phi) is 1.93. The standard InChI is InChI=1S/C14H20O3/c1-7-8(2)17-14(16-7)11-4-9-3-10(6-11)13(15)12(14)5-9/h7-12H,3-6H2,1-2H3/t7-,8+,9?,10?,11?,12?,14?. The Labute approximate surface area is 102 Å². The van der Waals surface area contributed by atoms with Gasteiger partial charge in [0.1, 0.15) is 5.78 Å². The predicted octanol–water partition coefficient (Wildman–Crippen LogP) is 2.14. The van der Waals surface area contributed by atoms with E-state index in [-0.39, 0.29) is 18.1 Å². The van der Waals surface area contributed by atoms with Gasteiger partial charge in [0.05, 0.1) is 18.1 Å². The smallest absolute Gasteiger partial charge is 0.181 e. The van der Waals surface area contributed by atoms with Crippen molar-refractivity contribution in [1.29, 1.82) is 0 Å². The molecule has 4 aliphatic carbocycles. The molecule has 3 heteroatoms. The Bertz CT molecular complexity index is 368. The van der Waals surface area contributed by atoms with Crippen LogP contribution >= 0.6 is 0 Å². The van der Waals surface area contributed by atoms with Gasteiger partial charge in [-0.3, -0.25) is 4.79 Å². The van der Waals surface area contributed by atoms with Crippen molar-refractivity contribution < 1.29 is 14.3 Å². The molecule has 5 rings (SSSR count). The molecule has 0 amide bonds. The average Bonchev–Trinajstić information content (AvgIpc) is 2.59. The van der Waals surface area contributed by atoms with Crippen molar-refractivity contribution in [3.8, 4) is 0 Å². The third-order valence-electron chi connectivity index (χ3n) is 5.58. The first-order valence-electron chi connectivity index (χ1n) is 6.99. The maximum atomic E-state index is 12.4. The second-order valence-corrected chi connectivity index (χ2v) is 6.52. The molecular formula is C14H20O3. The molecule has 1 saturated heterocycles. The summed E-state index contributed by atoms with van der Waals surface area (Å²) in [6, 6.07) is 0. The molecule has 5 aliphatic rings. The number of carbonyl (C=O) groups is 1. The molecule has 0 aromatic heterocycles. The van der Waals surface area contributed by atoms with Crippen LogP contribution in [-0.4, -0.2) is 23.8 Å². The summed E-state index contributed by atoms with van der Waals surface area (Å²) in [7, 11) is 0. The number of hydrogen-bond acceptors (Lipinski definition) is 3. The van der Waals surface area contributed by atoms with Crippen LogP contribution in [-0.2, 0) is 14.3 Å². The molecule has 1 aliphatic heterocycles. The summed E-state index contributed by atoms with van der Waals surface area (Å²) in [6.45, 7) is 4.13. The van der Waals surface area contributed by atoms with Crippen molar-refractivity contribution in [2.24, 2.45) is 23.7 Å². The molecule has 0 aromatic rings. The van der Waals surface area contributed by atoms with Crippen molar-refractivity contribution in [2.75, 3.05) is 0 Å². The minimum absolute atomic E-state index is 0.0335. The molecule has 7 atom stereocenters. The zero-order valence-corrected chi connectivity index (χ0v) is 10.5. The van der Waals surface area contributed by atoms with Gasteiger partial charge >= 0.3 is 0 Å². The highest BCUT2D eigenvalue weighted by molar-refractivity contribution is 5.86. The summed E-state index contributed by atoms with van der Waals surface area (Å²) in [6.07, 6.45) is 4.60. The Morgan fingerprint density at radius 1 is 1.06 bits per heavy atom. The fourth-order valence-electron chi connectivity index (χ4n) is 4.73. The molecule has 1 spiro atoms. The van der Waals surface area contributed by atoms with Gasteiger partial charge in [-0.05, 0) is 45.4 Å². The van der Waals surface area contributed by atoms with Crippen LogP contribution in [0.3, 0.4) is 0 Å². The quantitative estimate of drug-likeness (QED) is 0.646. The van der Waals surface area contributed by atoms with Gasteiger partial charge in [-0.15, -0.1) is 0 Å². The summed E-state index contributed by atoms with van der Waals surface area (Å²) >= 11 is 0. The number of ether oxygens (including phenoxy) is 2. The Morgan fingerprint density at radius 2 is 1.76 bits per heavy atom. The van der Waals surface area contributed by atoms with E-state index in [9.17, 15) is 4.79 Å². The number of rotatable bonds is 0. The highest BCUT2D eigenvalue weighted by Gasteiger charge is 2.66. The van der Waals surface area contributed by atoms with Gasteiger partial charge in [0.25, 0.3) is 0 Å². The average molecular weight is 236 g/mol. The normalized spacial score (nSPS) is 60.5. The minimum atomic E-state index is -0.538. The lowest BCUT2D eigenvalue weighted by atomic mass is 9.52. The van der Waals surface area contributed by atoms with Gasteiger partial charge in [0.2, 0.25) is 0 Å². The van der Waals surface area contributed by atoms with Crippen LogP contribution in [0.5, 0.6) is 0 Å². The van der Waals surface area contributed by atoms with E-state index >= 15 is 0 Å². The van der Waals surface area contributed by atoms with Gasteiger partial charge in [0, 0.05) is 11.8 Å². The summed E-state index contributed by atoms with van der Waals surface area (Å²) in [5, 5.41) is 0. The molecule has 94 valence electrons. The fourth-order valence-corrected chi connectivity index (χ4v) is 4.73. The third kappa shape index (κ3) is 1.17. The Morgan fingerprint density at radius 3 is 2.47 bits per heavy atom. The van der Waals surface area contributed by atoms with Gasteiger partial charge in [-0.25, -0.2) is 0 Å². The van der Waals surface area contributed by atoms with Crippen molar-refractivity contribution >= 4 is 5.78 Å². The highest BCUT2D eigenvalue weighted by atomic mass is 16.8. The first-order valence-corrected chi connectivity index (χ1v) is 6.99. The molecule has 17 heavy (non-hydrogen) atoms. The lowest BCUT2D eigenvalue weighted by molar-refractivity contribution is -0.282. The van der Waals surface area contributed by atoms with Crippen LogP contribution in [0.2, 0.25) is 0 Å². The zero-order valence-electron chi connectivity index (χ0n) is 10.5. The van der Waals surface area contributed by atoms with Crippen LogP contribution in [0.1, 0.15) is 39.5 Å². The zero-order chi connectivity index (χ0) is 11.8. The lowest BCUT2D eigenvalue weighted by Gasteiger charge is -2.57. The highest BCUT2D eigenvalue weighted by Crippen LogP contribution is 2.60. The second kappa shape index (κ2) is 3.12. The number of ketones is 1. The van der Waals surface area contributed by atoms with Crippen LogP contribution in [0, 0.1) is 23.7 Å². The van der Waals surface area contributed by atoms with Gasteiger partial charge < -0.3 is 9.47 Å². The van der Waals surface area contributed by atoms with E-state index in [4.69, 9.17) is 9.47 Å². The topological polar surface area (TPSA) is 35.5 Å². The lowest BCUT2D eigenvalue weighted by Crippen LogP contribution is -2.62. The van der Waals surface area contributed by atoms with Crippen LogP contribution < -0.4 is 0 Å². The first-order chi connectivity index (χ1) is 8.10. The van der Waals surface area contributed by atoms with Crippen LogP contribution in [0.15, 0.2) is 0 Å². The van der Waals surface area contributed by atoms with E-state index < -0.39 is 5.79 Å². The molecule has 1 heterocycles. The molecular weight excluding hydrogens is 216 g/mol. The molecule has 5 unspecified atom stereocenters. The number of carbonyl (C=O) groups excluding carboxylic acids is 1. The maximum absolute atomic E-state index is 12.4. The summed E-state index contributed by atoms with van der Waals surface area (Å²) in [5.41, 5.74) is 0. The van der Waals surface area contributed by atoms with Crippen LogP contribution in [0.25, 0.3) is 0 Å². The van der Waals surface area contributed by atoms with E-state index in [2.05, 4.69) is 13.8 Å². The molecule has 3 nitrogen and oxygen atoms in total. The van der Waals surface area contributed by atoms with E-state index in [0.717, 1.165) is 25.2 Å². The van der Waals surface area contributed by atoms with E-state index in [1.165, 1.54) is 6.42 Å². The van der Waals surface area contributed by atoms with Gasteiger partial charge in [-0.1, -0.05) is 0 Å². The minimum Gasteiger partial charge on any atom is -0.343 e. The van der Waals surface area contributed by atoms with Crippen molar-refractivity contribution in [2.45, 2.75) is 57.5 Å². The van der Waals surface area contributed by atoms with Crippen molar-refractivity contribution in [3.05, 3.63) is 0 Å². The second-order valence-electron chi connectivity index (χ2n) is 6.52. The summed E-state index contributed by atoms with van der Waals surface area (Å²) < 4.78 is 12.3. The van der Waals surface area contributed by atoms with Gasteiger partial charge in [0.15, 0.2) is 5.79 Å². The Balaban J connectivity index is 1.75.